The van der Waals surface area contributed by atoms with Crippen molar-refractivity contribution in [2.75, 3.05) is 11.5 Å². The average Bonchev–Trinajstić information content (AvgIpc) is 3.62. The quantitative estimate of drug-likeness (QED) is 0.142. The lowest BCUT2D eigenvalue weighted by Crippen LogP contribution is -2.39. The summed E-state index contributed by atoms with van der Waals surface area (Å²) in [6.07, 6.45) is 3.59. The Balaban J connectivity index is 1.17. The summed E-state index contributed by atoms with van der Waals surface area (Å²) in [6.45, 7) is 2.12. The Kier molecular flexibility index (Phi) is 6.87. The Morgan fingerprint density at radius 1 is 0.979 bits per heavy atom. The number of ketones is 2. The van der Waals surface area contributed by atoms with Gasteiger partial charge in [-0.2, -0.15) is 0 Å². The number of rotatable bonds is 5. The minimum Gasteiger partial charge on any atom is -0.504 e. The summed E-state index contributed by atoms with van der Waals surface area (Å²) >= 11 is 3.25. The Bertz CT molecular complexity index is 2110. The molecule has 1 saturated heterocycles. The van der Waals surface area contributed by atoms with Crippen LogP contribution in [0.25, 0.3) is 22.6 Å². The lowest BCUT2D eigenvalue weighted by molar-refractivity contribution is -0.123. The molecular weight excluding hydrogens is 664 g/mol. The molecule has 234 valence electrons. The van der Waals surface area contributed by atoms with Crippen molar-refractivity contribution in [3.63, 3.8) is 0 Å². The third kappa shape index (κ3) is 4.46. The lowest BCUT2D eigenvalue weighted by Gasteiger charge is -2.42. The number of phenolic OH excluding ortho intramolecular Hbond substituents is 1. The van der Waals surface area contributed by atoms with Gasteiger partial charge in [-0.05, 0) is 84.1 Å². The number of imide groups is 1. The molecule has 1 aliphatic heterocycles. The minimum atomic E-state index is -0.786. The number of amides is 2. The van der Waals surface area contributed by atoms with Crippen LogP contribution in [0.1, 0.15) is 31.2 Å². The lowest BCUT2D eigenvalue weighted by atomic mass is 9.59. The Morgan fingerprint density at radius 2 is 1.77 bits per heavy atom. The third-order valence-electron chi connectivity index (χ3n) is 9.64. The van der Waals surface area contributed by atoms with Gasteiger partial charge < -0.3 is 14.3 Å². The number of aromatic nitrogens is 1. The molecule has 2 heterocycles. The van der Waals surface area contributed by atoms with Crippen molar-refractivity contribution >= 4 is 56.1 Å². The number of halogens is 1. The maximum Gasteiger partial charge on any atom is 0.238 e. The summed E-state index contributed by atoms with van der Waals surface area (Å²) in [5, 5.41) is 11.3. The number of para-hydroxylation sites is 3. The number of ether oxygens (including phenoxy) is 1. The van der Waals surface area contributed by atoms with Crippen LogP contribution in [0.4, 0.5) is 5.69 Å². The first kappa shape index (κ1) is 29.3. The Labute approximate surface area is 277 Å². The van der Waals surface area contributed by atoms with Crippen LogP contribution in [0.5, 0.6) is 11.5 Å². The molecule has 9 nitrogen and oxygen atoms in total. The molecule has 4 aromatic rings. The summed E-state index contributed by atoms with van der Waals surface area (Å²) in [7, 11) is 0. The van der Waals surface area contributed by atoms with Gasteiger partial charge in [0.05, 0.1) is 28.6 Å². The number of oxazole rings is 1. The van der Waals surface area contributed by atoms with Gasteiger partial charge in [-0.25, -0.2) is 4.98 Å². The largest absolute Gasteiger partial charge is 0.504 e. The van der Waals surface area contributed by atoms with Gasteiger partial charge in [0.2, 0.25) is 17.7 Å². The second kappa shape index (κ2) is 11.0. The van der Waals surface area contributed by atoms with E-state index in [-0.39, 0.29) is 57.8 Å². The molecule has 0 radical (unpaired) electrons. The monoisotopic (exact) mass is 690 g/mol. The van der Waals surface area contributed by atoms with Gasteiger partial charge in [0.15, 0.2) is 28.6 Å². The third-order valence-corrected chi connectivity index (χ3v) is 10.2. The van der Waals surface area contributed by atoms with Crippen LogP contribution in [0.15, 0.2) is 105 Å². The van der Waals surface area contributed by atoms with E-state index < -0.39 is 23.7 Å². The fraction of sp³-hybridized carbons (Fsp3) is 0.216. The summed E-state index contributed by atoms with van der Waals surface area (Å²) in [5.41, 5.74) is 4.25. The molecular formula is C37H27BrN2O7. The average molecular weight is 692 g/mol. The fourth-order valence-corrected chi connectivity index (χ4v) is 8.06. The minimum absolute atomic E-state index is 0.127. The van der Waals surface area contributed by atoms with Crippen LogP contribution in [0.2, 0.25) is 0 Å². The van der Waals surface area contributed by atoms with E-state index in [1.807, 2.05) is 30.3 Å². The predicted octanol–water partition coefficient (Wildman–Crippen LogP) is 6.57. The molecule has 3 aliphatic carbocycles. The zero-order valence-corrected chi connectivity index (χ0v) is 26.7. The second-order valence-electron chi connectivity index (χ2n) is 12.1. The topological polar surface area (TPSA) is 127 Å². The highest BCUT2D eigenvalue weighted by Crippen LogP contribution is 2.57. The number of fused-ring (bicyclic) bond motifs is 4. The van der Waals surface area contributed by atoms with Crippen LogP contribution >= 0.6 is 15.9 Å². The van der Waals surface area contributed by atoms with E-state index in [4.69, 9.17) is 9.15 Å². The zero-order chi connectivity index (χ0) is 32.6. The molecule has 3 aromatic carbocycles. The molecule has 0 saturated carbocycles. The Hall–Kier alpha value is -5.09. The van der Waals surface area contributed by atoms with Gasteiger partial charge in [0.25, 0.3) is 0 Å². The van der Waals surface area contributed by atoms with E-state index in [1.54, 1.807) is 49.4 Å². The highest BCUT2D eigenvalue weighted by molar-refractivity contribution is 9.12. The molecule has 8 rings (SSSR count). The number of Topliss-reactive ketones (excluding diaryl/α,β-unsaturated/α-hetero) is 1. The van der Waals surface area contributed by atoms with Gasteiger partial charge in [-0.15, -0.1) is 0 Å². The van der Waals surface area contributed by atoms with E-state index in [2.05, 4.69) is 20.9 Å². The SMILES string of the molecule is CCOc1cccc([C@H]2C3=CC[C@@H]4C(=O)N(c5ccc(-c6nc7ccccc7o6)cc5)C(=O)[C@@H]4[C@@H]3CC3=C2C(=O)C=C(Br)C3=O)c1O. The van der Waals surface area contributed by atoms with Crippen LogP contribution in [-0.4, -0.2) is 40.1 Å². The number of allylic oxidation sites excluding steroid dienone is 6. The molecule has 0 bridgehead atoms. The normalized spacial score (nSPS) is 23.8. The van der Waals surface area contributed by atoms with Crippen molar-refractivity contribution < 1.29 is 33.4 Å². The number of nitrogens with zero attached hydrogens (tertiary/aromatic N) is 2. The fourth-order valence-electron chi connectivity index (χ4n) is 7.61. The van der Waals surface area contributed by atoms with Crippen molar-refractivity contribution in [3.05, 3.63) is 106 Å². The van der Waals surface area contributed by atoms with Gasteiger partial charge in [0, 0.05) is 34.3 Å². The summed E-state index contributed by atoms with van der Waals surface area (Å²) in [6, 6.07) is 19.5. The van der Waals surface area contributed by atoms with E-state index >= 15 is 0 Å². The number of hydrogen-bond acceptors (Lipinski definition) is 8. The maximum absolute atomic E-state index is 14.3. The van der Waals surface area contributed by atoms with Crippen molar-refractivity contribution in [3.8, 4) is 23.0 Å². The number of carbonyl (C=O) groups excluding carboxylic acids is 4. The number of phenols is 1. The number of anilines is 1. The van der Waals surface area contributed by atoms with E-state index in [1.165, 1.54) is 11.0 Å². The van der Waals surface area contributed by atoms with Gasteiger partial charge in [0.1, 0.15) is 5.52 Å². The molecule has 4 atom stereocenters. The number of benzene rings is 3. The predicted molar refractivity (Wildman–Crippen MR) is 176 cm³/mol. The van der Waals surface area contributed by atoms with Gasteiger partial charge in [-0.1, -0.05) is 35.9 Å². The van der Waals surface area contributed by atoms with Crippen LogP contribution < -0.4 is 9.64 Å². The second-order valence-corrected chi connectivity index (χ2v) is 12.9. The first-order valence-electron chi connectivity index (χ1n) is 15.4. The number of carbonyl (C=O) groups is 4. The molecule has 1 aromatic heterocycles. The van der Waals surface area contributed by atoms with E-state index in [0.29, 0.717) is 40.5 Å². The Morgan fingerprint density at radius 3 is 2.53 bits per heavy atom. The van der Waals surface area contributed by atoms with Crippen LogP contribution in [-0.2, 0) is 19.2 Å². The first-order valence-corrected chi connectivity index (χ1v) is 16.2. The molecule has 0 unspecified atom stereocenters. The van der Waals surface area contributed by atoms with Gasteiger partial charge >= 0.3 is 0 Å². The summed E-state index contributed by atoms with van der Waals surface area (Å²) < 4.78 is 11.7. The van der Waals surface area contributed by atoms with Crippen molar-refractivity contribution in [1.29, 1.82) is 0 Å². The highest BCUT2D eigenvalue weighted by Gasteiger charge is 2.57. The van der Waals surface area contributed by atoms with Crippen molar-refractivity contribution in [1.82, 2.24) is 4.98 Å². The molecule has 10 heteroatoms. The molecule has 4 aliphatic rings. The molecule has 1 fully saturated rings. The van der Waals surface area contributed by atoms with Crippen LogP contribution in [0.3, 0.4) is 0 Å². The molecule has 1 N–H and O–H groups in total. The number of aromatic hydroxyl groups is 1. The molecule has 0 spiro atoms. The first-order chi connectivity index (χ1) is 22.8. The number of hydrogen-bond donors (Lipinski definition) is 1. The van der Waals surface area contributed by atoms with Gasteiger partial charge in [-0.3, -0.25) is 24.1 Å². The standard InChI is InChI=1S/C37H27BrN2O7/c1-2-46-29-9-5-6-21(34(29)43)30-20-14-15-22-31(23(20)16-24-32(30)27(41)17-25(38)33(24)42)37(45)40(36(22)44)19-12-10-18(11-13-19)35-39-26-7-3-4-8-28(26)47-35/h3-14,17,22-23,30-31,43H,2,15-16H2,1H3/t22-,23+,30+,31-/m0/s1. The maximum atomic E-state index is 14.3. The van der Waals surface area contributed by atoms with Crippen molar-refractivity contribution in [2.24, 2.45) is 17.8 Å². The van der Waals surface area contributed by atoms with E-state index in [9.17, 15) is 24.3 Å². The van der Waals surface area contributed by atoms with E-state index in [0.717, 1.165) is 11.1 Å². The smallest absolute Gasteiger partial charge is 0.238 e. The summed E-state index contributed by atoms with van der Waals surface area (Å²) in [5.74, 6) is -3.49. The summed E-state index contributed by atoms with van der Waals surface area (Å²) in [4.78, 5) is 61.0. The van der Waals surface area contributed by atoms with Crippen molar-refractivity contribution in [2.45, 2.75) is 25.7 Å². The van der Waals surface area contributed by atoms with Crippen LogP contribution in [0, 0.1) is 17.8 Å². The highest BCUT2D eigenvalue weighted by atomic mass is 79.9. The zero-order valence-electron chi connectivity index (χ0n) is 25.1. The molecule has 2 amide bonds. The molecule has 47 heavy (non-hydrogen) atoms.